The number of carbonyl (C=O) groups excluding carboxylic acids is 1. The number of hydrogen-bond acceptors (Lipinski definition) is 4. The Morgan fingerprint density at radius 1 is 1.26 bits per heavy atom. The SMILES string of the molecule is O=C(Nc1nc2ccccc2s1)c1c[nH]ccc1=O. The average Bonchev–Trinajstić information content (AvgIpc) is 2.81. The van der Waals surface area contributed by atoms with Gasteiger partial charge in [0.1, 0.15) is 5.56 Å². The molecule has 0 spiro atoms. The molecule has 19 heavy (non-hydrogen) atoms. The van der Waals surface area contributed by atoms with Gasteiger partial charge in [0.25, 0.3) is 5.91 Å². The zero-order valence-corrected chi connectivity index (χ0v) is 10.5. The van der Waals surface area contributed by atoms with Gasteiger partial charge in [-0.15, -0.1) is 0 Å². The summed E-state index contributed by atoms with van der Waals surface area (Å²) in [5.41, 5.74) is 0.573. The standard InChI is InChI=1S/C13H9N3O2S/c17-10-5-6-14-7-8(10)12(18)16-13-15-9-3-1-2-4-11(9)19-13/h1-7H,(H,14,17)(H,15,16,18). The molecule has 0 bridgehead atoms. The fourth-order valence-electron chi connectivity index (χ4n) is 1.68. The maximum atomic E-state index is 11.9. The van der Waals surface area contributed by atoms with Crippen LogP contribution in [-0.2, 0) is 0 Å². The number of fused-ring (bicyclic) bond motifs is 1. The van der Waals surface area contributed by atoms with Crippen molar-refractivity contribution >= 4 is 32.6 Å². The Kier molecular flexibility index (Phi) is 2.85. The van der Waals surface area contributed by atoms with Crippen LogP contribution in [-0.4, -0.2) is 15.9 Å². The molecular formula is C13H9N3O2S. The van der Waals surface area contributed by atoms with E-state index < -0.39 is 5.91 Å². The van der Waals surface area contributed by atoms with E-state index in [-0.39, 0.29) is 11.0 Å². The number of anilines is 1. The second-order valence-corrected chi connectivity index (χ2v) is 4.89. The molecule has 0 saturated heterocycles. The molecule has 6 heteroatoms. The first-order valence-electron chi connectivity index (χ1n) is 5.58. The summed E-state index contributed by atoms with van der Waals surface area (Å²) in [6.45, 7) is 0. The number of hydrogen-bond donors (Lipinski definition) is 2. The topological polar surface area (TPSA) is 74.8 Å². The van der Waals surface area contributed by atoms with Gasteiger partial charge in [-0.1, -0.05) is 23.5 Å². The van der Waals surface area contributed by atoms with Crippen molar-refractivity contribution in [3.63, 3.8) is 0 Å². The van der Waals surface area contributed by atoms with Crippen molar-refractivity contribution in [3.05, 3.63) is 58.5 Å². The number of nitrogens with one attached hydrogen (secondary N) is 2. The fourth-order valence-corrected chi connectivity index (χ4v) is 2.54. The lowest BCUT2D eigenvalue weighted by Gasteiger charge is -1.99. The quantitative estimate of drug-likeness (QED) is 0.750. The molecule has 0 aliphatic rings. The van der Waals surface area contributed by atoms with E-state index in [1.807, 2.05) is 24.3 Å². The van der Waals surface area contributed by atoms with Gasteiger partial charge in [-0.05, 0) is 12.1 Å². The zero-order chi connectivity index (χ0) is 13.2. The van der Waals surface area contributed by atoms with Crippen LogP contribution in [0.15, 0.2) is 47.5 Å². The molecule has 1 aromatic carbocycles. The number of carbonyl (C=O) groups is 1. The average molecular weight is 271 g/mol. The van der Waals surface area contributed by atoms with Crippen LogP contribution in [0.3, 0.4) is 0 Å². The molecule has 0 aliphatic carbocycles. The first-order valence-corrected chi connectivity index (χ1v) is 6.40. The summed E-state index contributed by atoms with van der Waals surface area (Å²) < 4.78 is 0.986. The van der Waals surface area contributed by atoms with Gasteiger partial charge < -0.3 is 4.98 Å². The van der Waals surface area contributed by atoms with E-state index in [4.69, 9.17) is 0 Å². The van der Waals surface area contributed by atoms with Crippen LogP contribution in [0.4, 0.5) is 5.13 Å². The highest BCUT2D eigenvalue weighted by Crippen LogP contribution is 2.25. The summed E-state index contributed by atoms with van der Waals surface area (Å²) in [5, 5.41) is 3.12. The molecule has 2 N–H and O–H groups in total. The molecule has 0 atom stereocenters. The highest BCUT2D eigenvalue weighted by atomic mass is 32.1. The van der Waals surface area contributed by atoms with Gasteiger partial charge in [-0.25, -0.2) is 4.98 Å². The van der Waals surface area contributed by atoms with Crippen molar-refractivity contribution in [3.8, 4) is 0 Å². The van der Waals surface area contributed by atoms with E-state index in [1.165, 1.54) is 29.8 Å². The van der Waals surface area contributed by atoms with Gasteiger partial charge in [-0.2, -0.15) is 0 Å². The number of pyridine rings is 1. The summed E-state index contributed by atoms with van der Waals surface area (Å²) in [5.74, 6) is -0.457. The Bertz CT molecular complexity index is 774. The molecule has 0 saturated carbocycles. The van der Waals surface area contributed by atoms with E-state index >= 15 is 0 Å². The molecule has 0 fully saturated rings. The number of rotatable bonds is 2. The third-order valence-corrected chi connectivity index (χ3v) is 3.53. The lowest BCUT2D eigenvalue weighted by Crippen LogP contribution is -2.20. The van der Waals surface area contributed by atoms with E-state index in [1.54, 1.807) is 0 Å². The second-order valence-electron chi connectivity index (χ2n) is 3.86. The molecule has 5 nitrogen and oxygen atoms in total. The fraction of sp³-hybridized carbons (Fsp3) is 0. The van der Waals surface area contributed by atoms with Crippen molar-refractivity contribution in [2.75, 3.05) is 5.32 Å². The maximum Gasteiger partial charge on any atom is 0.262 e. The van der Waals surface area contributed by atoms with Crippen LogP contribution in [0.25, 0.3) is 10.2 Å². The maximum absolute atomic E-state index is 11.9. The smallest absolute Gasteiger partial charge is 0.262 e. The van der Waals surface area contributed by atoms with Crippen LogP contribution in [0.5, 0.6) is 0 Å². The van der Waals surface area contributed by atoms with Crippen molar-refractivity contribution < 1.29 is 4.79 Å². The molecule has 1 amide bonds. The van der Waals surface area contributed by atoms with Gasteiger partial charge in [0.2, 0.25) is 0 Å². The third kappa shape index (κ3) is 2.25. The molecule has 3 rings (SSSR count). The molecule has 94 valence electrons. The number of nitrogens with zero attached hydrogens (tertiary/aromatic N) is 1. The molecule has 2 aromatic heterocycles. The van der Waals surface area contributed by atoms with Crippen LogP contribution in [0, 0.1) is 0 Å². The van der Waals surface area contributed by atoms with Gasteiger partial charge in [0.15, 0.2) is 10.6 Å². The van der Waals surface area contributed by atoms with E-state index in [0.29, 0.717) is 5.13 Å². The van der Waals surface area contributed by atoms with Gasteiger partial charge in [0, 0.05) is 18.5 Å². The molecular weight excluding hydrogens is 262 g/mol. The van der Waals surface area contributed by atoms with Crippen molar-refractivity contribution in [1.82, 2.24) is 9.97 Å². The monoisotopic (exact) mass is 271 g/mol. The van der Waals surface area contributed by atoms with Gasteiger partial charge in [0.05, 0.1) is 10.2 Å². The van der Waals surface area contributed by atoms with Gasteiger partial charge >= 0.3 is 0 Å². The highest BCUT2D eigenvalue weighted by Gasteiger charge is 2.12. The number of aromatic nitrogens is 2. The van der Waals surface area contributed by atoms with Crippen LogP contribution in [0.1, 0.15) is 10.4 Å². The Morgan fingerprint density at radius 3 is 2.89 bits per heavy atom. The zero-order valence-electron chi connectivity index (χ0n) is 9.71. The molecule has 3 aromatic rings. The largest absolute Gasteiger partial charge is 0.367 e. The molecule has 0 radical (unpaired) electrons. The molecule has 0 unspecified atom stereocenters. The minimum atomic E-state index is -0.457. The predicted molar refractivity (Wildman–Crippen MR) is 74.6 cm³/mol. The number of aromatic amines is 1. The number of thiazole rings is 1. The lowest BCUT2D eigenvalue weighted by atomic mass is 10.2. The van der Waals surface area contributed by atoms with E-state index in [9.17, 15) is 9.59 Å². The summed E-state index contributed by atoms with van der Waals surface area (Å²) in [6, 6.07) is 8.91. The lowest BCUT2D eigenvalue weighted by molar-refractivity contribution is 0.102. The Hall–Kier alpha value is -2.47. The Morgan fingerprint density at radius 2 is 2.11 bits per heavy atom. The Balaban J connectivity index is 1.91. The summed E-state index contributed by atoms with van der Waals surface area (Å²) in [6.07, 6.45) is 2.86. The minimum Gasteiger partial charge on any atom is -0.367 e. The minimum absolute atomic E-state index is 0.0711. The van der Waals surface area contributed by atoms with Crippen molar-refractivity contribution in [1.29, 1.82) is 0 Å². The number of H-pyrrole nitrogens is 1. The highest BCUT2D eigenvalue weighted by molar-refractivity contribution is 7.22. The first-order chi connectivity index (χ1) is 9.24. The van der Waals surface area contributed by atoms with E-state index in [2.05, 4.69) is 15.3 Å². The normalized spacial score (nSPS) is 10.5. The molecule has 0 aliphatic heterocycles. The van der Waals surface area contributed by atoms with Gasteiger partial charge in [-0.3, -0.25) is 14.9 Å². The van der Waals surface area contributed by atoms with E-state index in [0.717, 1.165) is 10.2 Å². The third-order valence-electron chi connectivity index (χ3n) is 2.58. The predicted octanol–water partition coefficient (Wildman–Crippen LogP) is 2.24. The number of amides is 1. The summed E-state index contributed by atoms with van der Waals surface area (Å²) in [7, 11) is 0. The Labute approximate surface area is 111 Å². The van der Waals surface area contributed by atoms with Crippen LogP contribution in [0.2, 0.25) is 0 Å². The number of benzene rings is 1. The van der Waals surface area contributed by atoms with Crippen LogP contribution < -0.4 is 10.7 Å². The summed E-state index contributed by atoms with van der Waals surface area (Å²) >= 11 is 1.37. The van der Waals surface area contributed by atoms with Crippen molar-refractivity contribution in [2.45, 2.75) is 0 Å². The second kappa shape index (κ2) is 4.66. The van der Waals surface area contributed by atoms with Crippen molar-refractivity contribution in [2.24, 2.45) is 0 Å². The summed E-state index contributed by atoms with van der Waals surface area (Å²) in [4.78, 5) is 30.5. The number of para-hydroxylation sites is 1. The molecule has 2 heterocycles. The first kappa shape index (κ1) is 11.6. The van der Waals surface area contributed by atoms with Crippen LogP contribution >= 0.6 is 11.3 Å².